The van der Waals surface area contributed by atoms with Gasteiger partial charge in [0.1, 0.15) is 11.1 Å². The minimum Gasteiger partial charge on any atom is -0.230 e. The third kappa shape index (κ3) is 1.30. The summed E-state index contributed by atoms with van der Waals surface area (Å²) in [6.07, 6.45) is 3.27. The second-order valence-electron chi connectivity index (χ2n) is 5.24. The molecule has 0 atom stereocenters. The maximum Gasteiger partial charge on any atom is 0.337 e. The van der Waals surface area contributed by atoms with Crippen LogP contribution < -0.4 is 0 Å². The molecule has 0 aromatic rings. The van der Waals surface area contributed by atoms with E-state index in [2.05, 4.69) is 0 Å². The summed E-state index contributed by atoms with van der Waals surface area (Å²) in [6.45, 7) is 7.54. The van der Waals surface area contributed by atoms with Crippen molar-refractivity contribution in [2.24, 2.45) is 0 Å². The average molecular weight is 185 g/mol. The number of carbonyl (C=O) groups excluding carboxylic acids is 1. The minimum absolute atomic E-state index is 0.469. The molecule has 1 fully saturated rings. The predicted octanol–water partition coefficient (Wildman–Crippen LogP) is 2.05. The van der Waals surface area contributed by atoms with Crippen LogP contribution in [0.5, 0.6) is 0 Å². The van der Waals surface area contributed by atoms with Gasteiger partial charge in [-0.05, 0) is 34.1 Å². The quantitative estimate of drug-likeness (QED) is 0.455. The summed E-state index contributed by atoms with van der Waals surface area (Å²) >= 11 is 0. The summed E-state index contributed by atoms with van der Waals surface area (Å²) in [7, 11) is 0. The number of carbonyl (C=O) groups is 1. The van der Waals surface area contributed by atoms with E-state index in [1.54, 1.807) is 0 Å². The number of quaternary nitrogens is 1. The molecule has 1 radical (unpaired) electrons. The first-order valence-electron chi connectivity index (χ1n) is 4.83. The van der Waals surface area contributed by atoms with Gasteiger partial charge in [0.15, 0.2) is 0 Å². The Hall–Kier alpha value is -0.410. The molecule has 1 aliphatic heterocycles. The summed E-state index contributed by atoms with van der Waals surface area (Å²) in [5.74, 6) is 0. The van der Waals surface area contributed by atoms with E-state index in [-0.39, 0.29) is 0 Å². The summed E-state index contributed by atoms with van der Waals surface area (Å²) in [5, 5.41) is 12.4. The molecule has 3 heteroatoms. The Morgan fingerprint density at radius 1 is 1.08 bits per heavy atom. The molecule has 1 rings (SSSR count). The highest BCUT2D eigenvalue weighted by Gasteiger charge is 2.59. The normalized spacial score (nSPS) is 29.6. The van der Waals surface area contributed by atoms with Crippen LogP contribution in [0.2, 0.25) is 0 Å². The Kier molecular flexibility index (Phi) is 2.29. The van der Waals surface area contributed by atoms with Gasteiger partial charge in [-0.15, -0.1) is 0 Å². The zero-order valence-electron chi connectivity index (χ0n) is 8.96. The summed E-state index contributed by atoms with van der Waals surface area (Å²) in [4.78, 5) is 11.0. The van der Waals surface area contributed by atoms with Crippen molar-refractivity contribution < 1.29 is 14.6 Å². The minimum atomic E-state index is -0.708. The molecule has 0 unspecified atom stereocenters. The highest BCUT2D eigenvalue weighted by molar-refractivity contribution is 5.38. The van der Waals surface area contributed by atoms with E-state index in [0.29, 0.717) is 6.41 Å². The van der Waals surface area contributed by atoms with Gasteiger partial charge in [0.25, 0.3) is 0 Å². The lowest BCUT2D eigenvalue weighted by atomic mass is 9.79. The molecule has 0 spiro atoms. The van der Waals surface area contributed by atoms with Crippen LogP contribution in [0.4, 0.5) is 0 Å². The maximum absolute atomic E-state index is 12.4. The van der Waals surface area contributed by atoms with Crippen LogP contribution in [0.25, 0.3) is 0 Å². The summed E-state index contributed by atoms with van der Waals surface area (Å²) in [6, 6.07) is 0. The number of hydroxylamine groups is 3. The lowest BCUT2D eigenvalue weighted by Gasteiger charge is -2.49. The van der Waals surface area contributed by atoms with Gasteiger partial charge in [-0.2, -0.15) is 0 Å². The molecule has 0 aliphatic carbocycles. The van der Waals surface area contributed by atoms with Gasteiger partial charge < -0.3 is 0 Å². The zero-order valence-corrected chi connectivity index (χ0v) is 8.96. The third-order valence-electron chi connectivity index (χ3n) is 3.52. The molecule has 1 saturated heterocycles. The Labute approximate surface area is 79.9 Å². The van der Waals surface area contributed by atoms with Crippen molar-refractivity contribution in [3.8, 4) is 0 Å². The number of piperidine rings is 1. The van der Waals surface area contributed by atoms with Gasteiger partial charge >= 0.3 is 6.41 Å². The molecule has 0 bridgehead atoms. The van der Waals surface area contributed by atoms with E-state index in [1.807, 2.05) is 27.7 Å². The second kappa shape index (κ2) is 2.79. The highest BCUT2D eigenvalue weighted by atomic mass is 16.6. The predicted molar refractivity (Wildman–Crippen MR) is 49.0 cm³/mol. The van der Waals surface area contributed by atoms with Crippen LogP contribution in [-0.2, 0) is 10.0 Å². The molecule has 3 nitrogen and oxygen atoms in total. The Bertz CT molecular complexity index is 205. The standard InChI is InChI=1S/C10H19NO2/c1-9(2)6-5-7-10(3,4)11(9,13)8-12/h8H,5-7H2,1-4H3/q+1. The molecule has 75 valence electrons. The lowest BCUT2D eigenvalue weighted by Crippen LogP contribution is -2.69. The van der Waals surface area contributed by atoms with Crippen molar-refractivity contribution in [1.82, 2.24) is 0 Å². The van der Waals surface area contributed by atoms with E-state index >= 15 is 0 Å². The molecule has 1 aliphatic rings. The van der Waals surface area contributed by atoms with Crippen LogP contribution in [-0.4, -0.2) is 22.1 Å². The largest absolute Gasteiger partial charge is 0.337 e. The number of nitrogens with zero attached hydrogens (tertiary/aromatic N) is 1. The first-order chi connectivity index (χ1) is 5.77. The number of hydrogen-bond donors (Lipinski definition) is 0. The Morgan fingerprint density at radius 2 is 1.46 bits per heavy atom. The van der Waals surface area contributed by atoms with E-state index in [9.17, 15) is 10.0 Å². The molecular formula is C10H19NO2+. The molecular weight excluding hydrogens is 166 g/mol. The monoisotopic (exact) mass is 185 g/mol. The van der Waals surface area contributed by atoms with Gasteiger partial charge in [-0.1, -0.05) is 4.65 Å². The SMILES string of the molecule is CC1(C)CCCC(C)(C)[N+]1([O])C=O. The Balaban J connectivity index is 3.12. The van der Waals surface area contributed by atoms with Crippen molar-refractivity contribution in [2.75, 3.05) is 0 Å². The fourth-order valence-electron chi connectivity index (χ4n) is 2.39. The third-order valence-corrected chi connectivity index (χ3v) is 3.52. The Morgan fingerprint density at radius 3 is 1.69 bits per heavy atom. The number of amides is 1. The van der Waals surface area contributed by atoms with Crippen LogP contribution >= 0.6 is 0 Å². The molecule has 13 heavy (non-hydrogen) atoms. The molecule has 0 aromatic heterocycles. The topological polar surface area (TPSA) is 37.0 Å². The first kappa shape index (κ1) is 10.7. The van der Waals surface area contributed by atoms with E-state index < -0.39 is 15.7 Å². The maximum atomic E-state index is 12.4. The van der Waals surface area contributed by atoms with Gasteiger partial charge in [0.05, 0.1) is 0 Å². The van der Waals surface area contributed by atoms with Crippen LogP contribution in [0.1, 0.15) is 47.0 Å². The highest BCUT2D eigenvalue weighted by Crippen LogP contribution is 2.42. The van der Waals surface area contributed by atoms with Crippen molar-refractivity contribution in [3.63, 3.8) is 0 Å². The number of likely N-dealkylation sites (tertiary alicyclic amines) is 1. The lowest BCUT2D eigenvalue weighted by molar-refractivity contribution is -1.13. The first-order valence-corrected chi connectivity index (χ1v) is 4.83. The molecule has 0 N–H and O–H groups in total. The van der Waals surface area contributed by atoms with Gasteiger partial charge in [-0.3, -0.25) is 0 Å². The molecule has 0 aromatic carbocycles. The van der Waals surface area contributed by atoms with Crippen LogP contribution in [0, 0.1) is 0 Å². The second-order valence-corrected chi connectivity index (χ2v) is 5.24. The van der Waals surface area contributed by atoms with E-state index in [0.717, 1.165) is 19.3 Å². The van der Waals surface area contributed by atoms with Crippen LogP contribution in [0.15, 0.2) is 0 Å². The molecule has 1 amide bonds. The van der Waals surface area contributed by atoms with Crippen molar-refractivity contribution >= 4 is 6.41 Å². The van der Waals surface area contributed by atoms with Crippen molar-refractivity contribution in [2.45, 2.75) is 58.0 Å². The number of rotatable bonds is 1. The number of hydrogen-bond acceptors (Lipinski definition) is 1. The summed E-state index contributed by atoms with van der Waals surface area (Å²) in [5.41, 5.74) is -0.937. The fourth-order valence-corrected chi connectivity index (χ4v) is 2.39. The van der Waals surface area contributed by atoms with Crippen molar-refractivity contribution in [3.05, 3.63) is 0 Å². The summed E-state index contributed by atoms with van der Waals surface area (Å²) < 4.78 is -0.708. The van der Waals surface area contributed by atoms with Gasteiger partial charge in [0, 0.05) is 18.0 Å². The fraction of sp³-hybridized carbons (Fsp3) is 0.900. The van der Waals surface area contributed by atoms with Gasteiger partial charge in [-0.25, -0.2) is 4.79 Å². The average Bonchev–Trinajstić information content (AvgIpc) is 1.99. The molecule has 1 heterocycles. The molecule has 0 saturated carbocycles. The van der Waals surface area contributed by atoms with Crippen molar-refractivity contribution in [1.29, 1.82) is 0 Å². The van der Waals surface area contributed by atoms with Gasteiger partial charge in [0.2, 0.25) is 0 Å². The van der Waals surface area contributed by atoms with E-state index in [1.165, 1.54) is 0 Å². The van der Waals surface area contributed by atoms with E-state index in [4.69, 9.17) is 0 Å². The zero-order chi connectivity index (χ0) is 10.3. The smallest absolute Gasteiger partial charge is 0.230 e. The van der Waals surface area contributed by atoms with Crippen LogP contribution in [0.3, 0.4) is 0 Å².